The molecule has 10 aromatic carbocycles. The van der Waals surface area contributed by atoms with Crippen molar-refractivity contribution in [3.05, 3.63) is 224 Å². The van der Waals surface area contributed by atoms with Crippen LogP contribution in [0.15, 0.2) is 212 Å². The first-order valence-electron chi connectivity index (χ1n) is 20.2. The van der Waals surface area contributed by atoms with E-state index in [9.17, 15) is 0 Å². The summed E-state index contributed by atoms with van der Waals surface area (Å²) in [7, 11) is 0. The lowest BCUT2D eigenvalue weighted by atomic mass is 9.89. The zero-order valence-electron chi connectivity index (χ0n) is 32.5. The molecule has 0 unspecified atom stereocenters. The molecular formula is C57H35N3. The van der Waals surface area contributed by atoms with Gasteiger partial charge in [0, 0.05) is 16.7 Å². The predicted octanol–water partition coefficient (Wildman–Crippen LogP) is 15.6. The van der Waals surface area contributed by atoms with Crippen LogP contribution in [0.2, 0.25) is 0 Å². The fourth-order valence-electron chi connectivity index (χ4n) is 8.67. The van der Waals surface area contributed by atoms with Crippen molar-refractivity contribution in [2.75, 3.05) is 0 Å². The highest BCUT2D eigenvalue weighted by Gasteiger charge is 2.16. The Kier molecular flexibility index (Phi) is 8.54. The maximum Gasteiger partial charge on any atom is 0.187 e. The van der Waals surface area contributed by atoms with E-state index in [2.05, 4.69) is 163 Å². The first kappa shape index (κ1) is 35.0. The number of nitrogens with zero attached hydrogens (tertiary/aromatic N) is 3. The average Bonchev–Trinajstić information content (AvgIpc) is 3.33. The first-order chi connectivity index (χ1) is 29.7. The predicted molar refractivity (Wildman–Crippen MR) is 251 cm³/mol. The van der Waals surface area contributed by atoms with Crippen molar-refractivity contribution >= 4 is 48.8 Å². The molecule has 0 saturated heterocycles. The van der Waals surface area contributed by atoms with Crippen molar-refractivity contribution in [2.24, 2.45) is 0 Å². The van der Waals surface area contributed by atoms with Crippen LogP contribution in [-0.4, -0.2) is 9.97 Å². The first-order valence-corrected chi connectivity index (χ1v) is 20.2. The van der Waals surface area contributed by atoms with E-state index >= 15 is 0 Å². The van der Waals surface area contributed by atoms with E-state index in [4.69, 9.17) is 16.5 Å². The molecule has 0 saturated carbocycles. The monoisotopic (exact) mass is 761 g/mol. The Labute approximate surface area is 348 Å². The van der Waals surface area contributed by atoms with E-state index in [0.29, 0.717) is 11.5 Å². The maximum absolute atomic E-state index is 7.40. The Morgan fingerprint density at radius 1 is 0.317 bits per heavy atom. The Balaban J connectivity index is 0.959. The van der Waals surface area contributed by atoms with Gasteiger partial charge in [-0.15, -0.1) is 0 Å². The van der Waals surface area contributed by atoms with Gasteiger partial charge in [0.2, 0.25) is 0 Å². The molecule has 0 aliphatic carbocycles. The summed E-state index contributed by atoms with van der Waals surface area (Å²) >= 11 is 0. The molecule has 0 bridgehead atoms. The summed E-state index contributed by atoms with van der Waals surface area (Å²) in [5.74, 6) is 0.670. The molecule has 0 N–H and O–H groups in total. The molecule has 1 aromatic heterocycles. The van der Waals surface area contributed by atoms with Crippen LogP contribution < -0.4 is 0 Å². The topological polar surface area (TPSA) is 30.1 Å². The van der Waals surface area contributed by atoms with E-state index in [-0.39, 0.29) is 0 Å². The minimum absolute atomic E-state index is 0.618. The maximum atomic E-state index is 7.40. The van der Waals surface area contributed by atoms with Gasteiger partial charge in [0.05, 0.1) is 18.0 Å². The summed E-state index contributed by atoms with van der Waals surface area (Å²) in [5, 5.41) is 10.0. The molecule has 0 atom stereocenters. The van der Waals surface area contributed by atoms with Crippen molar-refractivity contribution in [3.8, 4) is 67.3 Å². The van der Waals surface area contributed by atoms with Gasteiger partial charge in [-0.1, -0.05) is 188 Å². The Morgan fingerprint density at radius 2 is 0.900 bits per heavy atom. The highest BCUT2D eigenvalue weighted by atomic mass is 14.9. The van der Waals surface area contributed by atoms with Gasteiger partial charge in [-0.25, -0.2) is 14.8 Å². The third-order valence-electron chi connectivity index (χ3n) is 11.7. The van der Waals surface area contributed by atoms with E-state index in [1.54, 1.807) is 0 Å². The van der Waals surface area contributed by atoms with Crippen LogP contribution in [-0.2, 0) is 0 Å². The van der Waals surface area contributed by atoms with Gasteiger partial charge in [0.1, 0.15) is 0 Å². The molecule has 60 heavy (non-hydrogen) atoms. The largest absolute Gasteiger partial charge is 0.238 e. The van der Waals surface area contributed by atoms with Crippen LogP contribution in [0.5, 0.6) is 0 Å². The zero-order chi connectivity index (χ0) is 40.0. The van der Waals surface area contributed by atoms with Gasteiger partial charge >= 0.3 is 0 Å². The number of rotatable bonds is 6. The van der Waals surface area contributed by atoms with Gasteiger partial charge < -0.3 is 0 Å². The fraction of sp³-hybridized carbons (Fsp3) is 0. The average molecular weight is 762 g/mol. The summed E-state index contributed by atoms with van der Waals surface area (Å²) < 4.78 is 0. The van der Waals surface area contributed by atoms with E-state index in [0.717, 1.165) is 50.3 Å². The lowest BCUT2D eigenvalue weighted by Crippen LogP contribution is -1.97. The van der Waals surface area contributed by atoms with Gasteiger partial charge in [-0.2, -0.15) is 0 Å². The molecule has 0 aliphatic rings. The minimum atomic E-state index is 0.618. The molecule has 3 nitrogen and oxygen atoms in total. The molecule has 0 spiro atoms. The second-order valence-electron chi connectivity index (χ2n) is 15.2. The van der Waals surface area contributed by atoms with E-state index in [1.165, 1.54) is 54.2 Å². The van der Waals surface area contributed by atoms with Crippen LogP contribution in [0.25, 0.3) is 115 Å². The number of aromatic nitrogens is 2. The van der Waals surface area contributed by atoms with Crippen LogP contribution in [0, 0.1) is 6.57 Å². The van der Waals surface area contributed by atoms with Crippen LogP contribution in [0.3, 0.4) is 0 Å². The van der Waals surface area contributed by atoms with Crippen LogP contribution in [0.4, 0.5) is 5.69 Å². The molecule has 11 rings (SSSR count). The second kappa shape index (κ2) is 14.6. The SMILES string of the molecule is [C-]#[N+]c1ccc(-c2ccccc2-c2cc(-c3ccc(-c4ccc5cc(-c6c7ccccc7cc7c6ccc6ccccc67)ccc5c4)cc3)nc(-c3ccccc3)n2)cc1. The standard InChI is InChI=1S/C57H35N3/c1-58-47-30-27-39(28-31-47)48-15-9-10-18-51(48)55-36-54(59-57(60-55)41-12-3-2-4-13-41)40-21-19-37(20-22-40)42-23-24-44-34-46(26-25-43(44)33-42)56-50-17-8-6-14-45(50)35-53-49-16-7-5-11-38(49)29-32-52(53)56/h2-36H. The summed E-state index contributed by atoms with van der Waals surface area (Å²) in [6.07, 6.45) is 0. The highest BCUT2D eigenvalue weighted by Crippen LogP contribution is 2.41. The van der Waals surface area contributed by atoms with Gasteiger partial charge in [0.25, 0.3) is 0 Å². The Morgan fingerprint density at radius 3 is 1.68 bits per heavy atom. The minimum Gasteiger partial charge on any atom is -0.238 e. The summed E-state index contributed by atoms with van der Waals surface area (Å²) in [5.41, 5.74) is 12.2. The number of benzene rings is 10. The number of fused-ring (bicyclic) bond motifs is 5. The van der Waals surface area contributed by atoms with Crippen molar-refractivity contribution in [3.63, 3.8) is 0 Å². The second-order valence-corrected chi connectivity index (χ2v) is 15.2. The molecule has 0 fully saturated rings. The highest BCUT2D eigenvalue weighted by molar-refractivity contribution is 6.20. The molecule has 11 aromatic rings. The van der Waals surface area contributed by atoms with Crippen LogP contribution in [0.1, 0.15) is 0 Å². The number of hydrogen-bond donors (Lipinski definition) is 0. The molecule has 0 amide bonds. The third kappa shape index (κ3) is 6.25. The smallest absolute Gasteiger partial charge is 0.187 e. The van der Waals surface area contributed by atoms with Gasteiger partial charge in [0.15, 0.2) is 11.5 Å². The van der Waals surface area contributed by atoms with Crippen molar-refractivity contribution < 1.29 is 0 Å². The van der Waals surface area contributed by atoms with Gasteiger partial charge in [-0.05, 0) is 101 Å². The Bertz CT molecular complexity index is 3470. The van der Waals surface area contributed by atoms with E-state index in [1.807, 2.05) is 54.6 Å². The normalized spacial score (nSPS) is 11.3. The van der Waals surface area contributed by atoms with Crippen LogP contribution >= 0.6 is 0 Å². The quantitative estimate of drug-likeness (QED) is 0.0959. The lowest BCUT2D eigenvalue weighted by Gasteiger charge is -2.15. The number of hydrogen-bond acceptors (Lipinski definition) is 2. The molecule has 1 heterocycles. The van der Waals surface area contributed by atoms with Crippen molar-refractivity contribution in [1.29, 1.82) is 0 Å². The van der Waals surface area contributed by atoms with Crippen molar-refractivity contribution in [2.45, 2.75) is 0 Å². The Hall–Kier alpha value is -8.19. The van der Waals surface area contributed by atoms with E-state index < -0.39 is 0 Å². The lowest BCUT2D eigenvalue weighted by molar-refractivity contribution is 1.18. The summed E-state index contributed by atoms with van der Waals surface area (Å²) in [4.78, 5) is 13.8. The third-order valence-corrected chi connectivity index (χ3v) is 11.7. The summed E-state index contributed by atoms with van der Waals surface area (Å²) in [6.45, 7) is 7.40. The molecule has 0 radical (unpaired) electrons. The molecule has 3 heteroatoms. The summed E-state index contributed by atoms with van der Waals surface area (Å²) in [6, 6.07) is 74.9. The fourth-order valence-corrected chi connectivity index (χ4v) is 8.67. The molecule has 278 valence electrons. The zero-order valence-corrected chi connectivity index (χ0v) is 32.5. The molecule has 0 aliphatic heterocycles. The van der Waals surface area contributed by atoms with Gasteiger partial charge in [-0.3, -0.25) is 0 Å². The molecular weight excluding hydrogens is 727 g/mol. The van der Waals surface area contributed by atoms with Crippen molar-refractivity contribution in [1.82, 2.24) is 9.97 Å².